The molecule has 2 atom stereocenters. The van der Waals surface area contributed by atoms with Gasteiger partial charge in [0.25, 0.3) is 0 Å². The maximum absolute atomic E-state index is 6.57. The van der Waals surface area contributed by atoms with Gasteiger partial charge in [-0.25, -0.2) is 0 Å². The number of hydrogen-bond donors (Lipinski definition) is 0. The van der Waals surface area contributed by atoms with E-state index in [0.29, 0.717) is 12.6 Å². The molecule has 1 saturated heterocycles. The third-order valence-corrected chi connectivity index (χ3v) is 4.84. The molecule has 0 radical (unpaired) electrons. The van der Waals surface area contributed by atoms with Crippen molar-refractivity contribution in [1.29, 1.82) is 0 Å². The number of quaternary nitrogens is 1. The van der Waals surface area contributed by atoms with Crippen LogP contribution in [-0.4, -0.2) is 44.4 Å². The van der Waals surface area contributed by atoms with Crippen LogP contribution in [0.2, 0.25) is 0 Å². The summed E-state index contributed by atoms with van der Waals surface area (Å²) in [6.07, 6.45) is 0.0513. The highest BCUT2D eigenvalue weighted by atomic mass is 16.7. The maximum Gasteiger partial charge on any atom is 0.223 e. The van der Waals surface area contributed by atoms with Gasteiger partial charge in [-0.2, -0.15) is 0 Å². The summed E-state index contributed by atoms with van der Waals surface area (Å²) in [5, 5.41) is 0. The second kappa shape index (κ2) is 6.08. The zero-order chi connectivity index (χ0) is 16.5. The van der Waals surface area contributed by atoms with Crippen LogP contribution in [0, 0.1) is 0 Å². The van der Waals surface area contributed by atoms with Crippen LogP contribution in [0.25, 0.3) is 0 Å². The predicted molar refractivity (Wildman–Crippen MR) is 92.0 cm³/mol. The van der Waals surface area contributed by atoms with Crippen molar-refractivity contribution in [3.63, 3.8) is 0 Å². The number of hydrogen-bond acceptors (Lipinski definition) is 2. The van der Waals surface area contributed by atoms with E-state index in [4.69, 9.17) is 9.47 Å². The summed E-state index contributed by atoms with van der Waals surface area (Å²) >= 11 is 0. The van der Waals surface area contributed by atoms with Gasteiger partial charge < -0.3 is 14.0 Å². The first kappa shape index (κ1) is 16.2. The van der Waals surface area contributed by atoms with E-state index in [-0.39, 0.29) is 6.10 Å². The maximum atomic E-state index is 6.57. The van der Waals surface area contributed by atoms with Crippen molar-refractivity contribution in [1.82, 2.24) is 0 Å². The molecule has 0 bridgehead atoms. The highest BCUT2D eigenvalue weighted by Gasteiger charge is 2.48. The molecule has 0 aromatic heterocycles. The Balaban J connectivity index is 2.00. The lowest BCUT2D eigenvalue weighted by Crippen LogP contribution is -2.51. The largest absolute Gasteiger partial charge is 0.339 e. The molecule has 3 heteroatoms. The topological polar surface area (TPSA) is 18.5 Å². The summed E-state index contributed by atoms with van der Waals surface area (Å²) in [6.45, 7) is 2.82. The second-order valence-corrected chi connectivity index (χ2v) is 7.17. The summed E-state index contributed by atoms with van der Waals surface area (Å²) in [6, 6.07) is 20.8. The molecule has 1 aliphatic heterocycles. The zero-order valence-corrected chi connectivity index (χ0v) is 14.4. The van der Waals surface area contributed by atoms with Crippen molar-refractivity contribution >= 4 is 0 Å². The molecule has 122 valence electrons. The van der Waals surface area contributed by atoms with Gasteiger partial charge in [0, 0.05) is 11.1 Å². The van der Waals surface area contributed by atoms with E-state index in [1.165, 1.54) is 0 Å². The molecule has 2 aromatic carbocycles. The van der Waals surface area contributed by atoms with Crippen molar-refractivity contribution in [2.45, 2.75) is 24.9 Å². The van der Waals surface area contributed by atoms with Gasteiger partial charge in [-0.15, -0.1) is 0 Å². The van der Waals surface area contributed by atoms with Gasteiger partial charge in [0.05, 0.1) is 27.7 Å². The highest BCUT2D eigenvalue weighted by molar-refractivity contribution is 5.34. The summed E-state index contributed by atoms with van der Waals surface area (Å²) in [5.41, 5.74) is 2.09. The Bertz CT molecular complexity index is 594. The third kappa shape index (κ3) is 3.05. The molecule has 0 unspecified atom stereocenters. The van der Waals surface area contributed by atoms with Crippen molar-refractivity contribution in [3.05, 3.63) is 71.8 Å². The lowest BCUT2D eigenvalue weighted by molar-refractivity contribution is -0.897. The molecule has 1 heterocycles. The van der Waals surface area contributed by atoms with E-state index in [9.17, 15) is 0 Å². The first-order valence-electron chi connectivity index (χ1n) is 8.17. The van der Waals surface area contributed by atoms with Crippen LogP contribution in [0.5, 0.6) is 0 Å². The molecule has 1 aliphatic rings. The quantitative estimate of drug-likeness (QED) is 0.806. The van der Waals surface area contributed by atoms with Gasteiger partial charge >= 0.3 is 0 Å². The van der Waals surface area contributed by atoms with Gasteiger partial charge in [-0.05, 0) is 6.92 Å². The lowest BCUT2D eigenvalue weighted by atomic mass is 9.97. The van der Waals surface area contributed by atoms with Crippen LogP contribution in [0.1, 0.15) is 18.1 Å². The van der Waals surface area contributed by atoms with E-state index in [0.717, 1.165) is 15.6 Å². The Hall–Kier alpha value is -1.68. The fourth-order valence-electron chi connectivity index (χ4n) is 3.00. The number of ether oxygens (including phenoxy) is 2. The minimum atomic E-state index is -0.809. The fourth-order valence-corrected chi connectivity index (χ4v) is 3.00. The average molecular weight is 312 g/mol. The Morgan fingerprint density at radius 2 is 1.39 bits per heavy atom. The fraction of sp³-hybridized carbons (Fsp3) is 0.400. The Morgan fingerprint density at radius 3 is 1.83 bits per heavy atom. The zero-order valence-electron chi connectivity index (χ0n) is 14.4. The van der Waals surface area contributed by atoms with Crippen LogP contribution >= 0.6 is 0 Å². The molecule has 0 amide bonds. The normalized spacial score (nSPS) is 22.0. The Labute approximate surface area is 139 Å². The van der Waals surface area contributed by atoms with Gasteiger partial charge in [-0.3, -0.25) is 0 Å². The van der Waals surface area contributed by atoms with Gasteiger partial charge in [0.1, 0.15) is 12.1 Å². The minimum Gasteiger partial charge on any atom is -0.339 e. The molecule has 0 N–H and O–H groups in total. The van der Waals surface area contributed by atoms with Gasteiger partial charge in [0.2, 0.25) is 5.79 Å². The van der Waals surface area contributed by atoms with E-state index >= 15 is 0 Å². The first-order valence-corrected chi connectivity index (χ1v) is 8.17. The molecule has 0 saturated carbocycles. The van der Waals surface area contributed by atoms with Crippen LogP contribution in [0.4, 0.5) is 0 Å². The van der Waals surface area contributed by atoms with E-state index in [1.54, 1.807) is 0 Å². The molecule has 0 spiro atoms. The van der Waals surface area contributed by atoms with Crippen molar-refractivity contribution in [2.24, 2.45) is 0 Å². The summed E-state index contributed by atoms with van der Waals surface area (Å²) in [5.74, 6) is -0.809. The molecular weight excluding hydrogens is 286 g/mol. The SMILES string of the molecule is C[C@H]([C@@H]1COC(c2ccccc2)(c2ccccc2)O1)[N+](C)(C)C. The number of likely N-dealkylation sites (N-methyl/N-ethyl adjacent to an activating group) is 1. The predicted octanol–water partition coefficient (Wildman–Crippen LogP) is 3.40. The van der Waals surface area contributed by atoms with Crippen LogP contribution in [0.15, 0.2) is 60.7 Å². The van der Waals surface area contributed by atoms with Crippen molar-refractivity contribution < 1.29 is 14.0 Å². The number of benzene rings is 2. The van der Waals surface area contributed by atoms with Crippen LogP contribution < -0.4 is 0 Å². The van der Waals surface area contributed by atoms with Crippen LogP contribution in [-0.2, 0) is 15.3 Å². The molecule has 1 fully saturated rings. The average Bonchev–Trinajstić information content (AvgIpc) is 3.01. The smallest absolute Gasteiger partial charge is 0.223 e. The minimum absolute atomic E-state index is 0.0513. The lowest BCUT2D eigenvalue weighted by Gasteiger charge is -2.36. The van der Waals surface area contributed by atoms with E-state index in [2.05, 4.69) is 52.3 Å². The van der Waals surface area contributed by atoms with E-state index in [1.807, 2.05) is 36.4 Å². The molecule has 0 aliphatic carbocycles. The van der Waals surface area contributed by atoms with E-state index < -0.39 is 5.79 Å². The molecule has 3 nitrogen and oxygen atoms in total. The molecular formula is C20H26NO2+. The number of nitrogens with zero attached hydrogens (tertiary/aromatic N) is 1. The molecule has 3 rings (SSSR count). The Morgan fingerprint density at radius 1 is 0.913 bits per heavy atom. The Kier molecular flexibility index (Phi) is 4.28. The van der Waals surface area contributed by atoms with Gasteiger partial charge in [-0.1, -0.05) is 60.7 Å². The first-order chi connectivity index (χ1) is 10.9. The van der Waals surface area contributed by atoms with Crippen molar-refractivity contribution in [3.8, 4) is 0 Å². The van der Waals surface area contributed by atoms with Gasteiger partial charge in [0.15, 0.2) is 0 Å². The summed E-state index contributed by atoms with van der Waals surface area (Å²) in [4.78, 5) is 0. The van der Waals surface area contributed by atoms with Crippen molar-refractivity contribution in [2.75, 3.05) is 27.7 Å². The summed E-state index contributed by atoms with van der Waals surface area (Å²) in [7, 11) is 6.58. The molecule has 23 heavy (non-hydrogen) atoms. The number of rotatable bonds is 4. The highest BCUT2D eigenvalue weighted by Crippen LogP contribution is 2.41. The van der Waals surface area contributed by atoms with Crippen LogP contribution in [0.3, 0.4) is 0 Å². The summed E-state index contributed by atoms with van der Waals surface area (Å²) < 4.78 is 13.7. The molecule has 2 aromatic rings. The standard InChI is InChI=1S/C20H26NO2/c1-16(21(2,3)4)19-15-22-20(23-19,17-11-7-5-8-12-17)18-13-9-6-10-14-18/h5-14,16,19H,15H2,1-4H3/q+1/t16-,19+/m1/s1. The monoisotopic (exact) mass is 312 g/mol. The second-order valence-electron chi connectivity index (χ2n) is 7.17. The third-order valence-electron chi connectivity index (χ3n) is 4.84.